The van der Waals surface area contributed by atoms with Crippen LogP contribution in [-0.2, 0) is 31.2 Å². The van der Waals surface area contributed by atoms with Crippen molar-refractivity contribution in [2.75, 3.05) is 18.3 Å². The zero-order valence-corrected chi connectivity index (χ0v) is 20.9. The van der Waals surface area contributed by atoms with Gasteiger partial charge in [0.05, 0.1) is 34.4 Å². The second-order valence-electron chi connectivity index (χ2n) is 8.02. The highest BCUT2D eigenvalue weighted by Crippen LogP contribution is 2.53. The average molecular weight is 611 g/mol. The summed E-state index contributed by atoms with van der Waals surface area (Å²) in [4.78, 5) is 36.6. The molecule has 0 saturated heterocycles. The highest BCUT2D eigenvalue weighted by molar-refractivity contribution is 7.90. The van der Waals surface area contributed by atoms with Crippen molar-refractivity contribution in [1.82, 2.24) is 0 Å². The maximum Gasteiger partial charge on any atom is 0.435 e. The first-order valence-electron chi connectivity index (χ1n) is 10.2. The minimum absolute atomic E-state index is 0.0509. The van der Waals surface area contributed by atoms with E-state index in [1.165, 1.54) is 0 Å². The maximum atomic E-state index is 14.6. The molecule has 40 heavy (non-hydrogen) atoms. The Morgan fingerprint density at radius 2 is 1.27 bits per heavy atom. The normalized spacial score (nSPS) is 13.1. The van der Waals surface area contributed by atoms with Crippen molar-refractivity contribution in [1.29, 1.82) is 0 Å². The van der Waals surface area contributed by atoms with Crippen LogP contribution in [0.4, 0.5) is 49.6 Å². The Bertz CT molecular complexity index is 1450. The SMILES string of the molecule is COC(=O)c1cc(C(F)(C(F)(F)F)C(F)(F)F)ccc1N(C(C)=O)C(=O)c1ccc(C(F)(F)F)cc1S(C)(=O)=O. The second-order valence-corrected chi connectivity index (χ2v) is 10.0. The van der Waals surface area contributed by atoms with Gasteiger partial charge in [-0.15, -0.1) is 0 Å². The van der Waals surface area contributed by atoms with E-state index >= 15 is 0 Å². The van der Waals surface area contributed by atoms with Gasteiger partial charge in [0.2, 0.25) is 5.91 Å². The first-order chi connectivity index (χ1) is 17.9. The molecule has 2 rings (SSSR count). The van der Waals surface area contributed by atoms with Gasteiger partial charge in [0.1, 0.15) is 0 Å². The monoisotopic (exact) mass is 611 g/mol. The Kier molecular flexibility index (Phi) is 8.42. The van der Waals surface area contributed by atoms with Crippen LogP contribution in [0.25, 0.3) is 0 Å². The molecule has 0 N–H and O–H groups in total. The molecule has 2 amide bonds. The van der Waals surface area contributed by atoms with E-state index in [0.717, 1.165) is 0 Å². The number of methoxy groups -OCH3 is 1. The summed E-state index contributed by atoms with van der Waals surface area (Å²) in [5, 5.41) is 0. The summed E-state index contributed by atoms with van der Waals surface area (Å²) < 4.78 is 162. The van der Waals surface area contributed by atoms with Crippen molar-refractivity contribution in [2.45, 2.75) is 36.0 Å². The zero-order valence-electron chi connectivity index (χ0n) is 20.0. The number of esters is 1. The van der Waals surface area contributed by atoms with Crippen molar-refractivity contribution in [3.8, 4) is 0 Å². The molecule has 0 bridgehead atoms. The predicted octanol–water partition coefficient (Wildman–Crippen LogP) is 5.38. The smallest absolute Gasteiger partial charge is 0.435 e. The Hall–Kier alpha value is -3.70. The Morgan fingerprint density at radius 3 is 1.68 bits per heavy atom. The van der Waals surface area contributed by atoms with Crippen LogP contribution in [0.1, 0.15) is 38.8 Å². The molecule has 0 aliphatic rings. The zero-order chi connectivity index (χ0) is 31.2. The molecular formula is C22H15F10NO6S. The lowest BCUT2D eigenvalue weighted by Crippen LogP contribution is -2.50. The summed E-state index contributed by atoms with van der Waals surface area (Å²) in [6.45, 7) is 0.585. The Labute approximate surface area is 218 Å². The number of amides is 2. The third kappa shape index (κ3) is 5.90. The van der Waals surface area contributed by atoms with Crippen LogP contribution in [0.3, 0.4) is 0 Å². The minimum atomic E-state index is -6.61. The molecule has 0 radical (unpaired) electrons. The summed E-state index contributed by atoms with van der Waals surface area (Å²) in [6.07, 6.45) is -17.9. The standard InChI is InChI=1S/C22H15F10NO6S/c1-10(34)33(17(35)13-6-4-12(20(24,25)26)9-16(13)40(3,37)38)15-7-5-11(8-14(15)18(36)39-2)19(23,21(27,28)29)22(30,31)32/h4-9H,1-3H3. The van der Waals surface area contributed by atoms with Crippen molar-refractivity contribution < 1.29 is 71.4 Å². The third-order valence-electron chi connectivity index (χ3n) is 5.28. The quantitative estimate of drug-likeness (QED) is 0.333. The summed E-state index contributed by atoms with van der Waals surface area (Å²) in [6, 6.07) is 0.385. The number of nitrogens with zero attached hydrogens (tertiary/aromatic N) is 1. The summed E-state index contributed by atoms with van der Waals surface area (Å²) >= 11 is 0. The van der Waals surface area contributed by atoms with Gasteiger partial charge in [-0.3, -0.25) is 9.59 Å². The molecule has 0 atom stereocenters. The predicted molar refractivity (Wildman–Crippen MR) is 115 cm³/mol. The van der Waals surface area contributed by atoms with E-state index in [0.29, 0.717) is 26.4 Å². The molecule has 0 heterocycles. The van der Waals surface area contributed by atoms with Crippen LogP contribution in [0.2, 0.25) is 0 Å². The number of imide groups is 1. The van der Waals surface area contributed by atoms with E-state index in [-0.39, 0.29) is 35.2 Å². The van der Waals surface area contributed by atoms with Gasteiger partial charge in [-0.1, -0.05) is 6.07 Å². The van der Waals surface area contributed by atoms with Crippen molar-refractivity contribution in [3.63, 3.8) is 0 Å². The molecule has 0 aliphatic heterocycles. The lowest BCUT2D eigenvalue weighted by molar-refractivity contribution is -0.348. The minimum Gasteiger partial charge on any atom is -0.465 e. The summed E-state index contributed by atoms with van der Waals surface area (Å²) in [5.74, 6) is -4.95. The fourth-order valence-corrected chi connectivity index (χ4v) is 4.33. The molecule has 0 spiro atoms. The van der Waals surface area contributed by atoms with Crippen LogP contribution < -0.4 is 4.90 Å². The van der Waals surface area contributed by atoms with E-state index in [1.807, 2.05) is 0 Å². The van der Waals surface area contributed by atoms with Crippen LogP contribution in [0.5, 0.6) is 0 Å². The van der Waals surface area contributed by atoms with Crippen molar-refractivity contribution in [2.24, 2.45) is 0 Å². The number of ether oxygens (including phenoxy) is 1. The van der Waals surface area contributed by atoms with E-state index in [1.54, 1.807) is 0 Å². The Morgan fingerprint density at radius 1 is 0.775 bits per heavy atom. The van der Waals surface area contributed by atoms with Crippen LogP contribution >= 0.6 is 0 Å². The average Bonchev–Trinajstić information content (AvgIpc) is 2.80. The fourth-order valence-electron chi connectivity index (χ4n) is 3.43. The van der Waals surface area contributed by atoms with Crippen molar-refractivity contribution >= 4 is 33.3 Å². The van der Waals surface area contributed by atoms with Gasteiger partial charge in [-0.2, -0.15) is 39.5 Å². The summed E-state index contributed by atoms with van der Waals surface area (Å²) in [7, 11) is -4.05. The molecule has 0 aliphatic carbocycles. The molecule has 0 unspecified atom stereocenters. The third-order valence-corrected chi connectivity index (χ3v) is 6.42. The molecule has 7 nitrogen and oxygen atoms in total. The van der Waals surface area contributed by atoms with Gasteiger partial charge in [-0.25, -0.2) is 22.5 Å². The van der Waals surface area contributed by atoms with Crippen LogP contribution in [0, 0.1) is 0 Å². The molecule has 2 aromatic rings. The number of rotatable bonds is 5. The summed E-state index contributed by atoms with van der Waals surface area (Å²) in [5.41, 5.74) is -13.3. The van der Waals surface area contributed by atoms with E-state index in [9.17, 15) is 66.7 Å². The second kappa shape index (κ2) is 10.4. The molecule has 0 fully saturated rings. The van der Waals surface area contributed by atoms with Gasteiger partial charge < -0.3 is 4.74 Å². The van der Waals surface area contributed by atoms with Crippen LogP contribution in [-0.4, -0.2) is 51.9 Å². The molecule has 18 heteroatoms. The van der Waals surface area contributed by atoms with Crippen LogP contribution in [0.15, 0.2) is 41.3 Å². The lowest BCUT2D eigenvalue weighted by Gasteiger charge is -2.31. The molecule has 0 saturated carbocycles. The first kappa shape index (κ1) is 32.5. The van der Waals surface area contributed by atoms with Gasteiger partial charge in [0.15, 0.2) is 9.84 Å². The number of carbonyl (C=O) groups is 3. The highest BCUT2D eigenvalue weighted by Gasteiger charge is 2.73. The van der Waals surface area contributed by atoms with Gasteiger partial charge in [-0.05, 0) is 30.3 Å². The van der Waals surface area contributed by atoms with E-state index in [2.05, 4.69) is 4.74 Å². The number of anilines is 1. The molecular weight excluding hydrogens is 596 g/mol. The largest absolute Gasteiger partial charge is 0.465 e. The lowest BCUT2D eigenvalue weighted by atomic mass is 9.91. The Balaban J connectivity index is 2.91. The number of benzene rings is 2. The fraction of sp³-hybridized carbons (Fsp3) is 0.318. The number of hydrogen-bond acceptors (Lipinski definition) is 6. The van der Waals surface area contributed by atoms with E-state index in [4.69, 9.17) is 0 Å². The number of hydrogen-bond donors (Lipinski definition) is 0. The maximum absolute atomic E-state index is 14.6. The van der Waals surface area contributed by atoms with Crippen molar-refractivity contribution in [3.05, 3.63) is 58.7 Å². The number of alkyl halides is 10. The topological polar surface area (TPSA) is 97.8 Å². The molecule has 220 valence electrons. The molecule has 0 aromatic heterocycles. The van der Waals surface area contributed by atoms with Gasteiger partial charge in [0, 0.05) is 18.7 Å². The highest BCUT2D eigenvalue weighted by atomic mass is 32.2. The van der Waals surface area contributed by atoms with Gasteiger partial charge >= 0.3 is 30.2 Å². The number of halogens is 10. The van der Waals surface area contributed by atoms with Gasteiger partial charge in [0.25, 0.3) is 5.91 Å². The molecule has 2 aromatic carbocycles. The first-order valence-corrected chi connectivity index (χ1v) is 12.1. The van der Waals surface area contributed by atoms with E-state index < -0.39 is 84.7 Å². The number of carbonyl (C=O) groups excluding carboxylic acids is 3. The number of sulfone groups is 1.